The lowest BCUT2D eigenvalue weighted by Gasteiger charge is -2.22. The number of carbonyl (C=O) groups excluding carboxylic acids is 2. The number of pyridine rings is 1. The molecule has 2 heterocycles. The van der Waals surface area contributed by atoms with Gasteiger partial charge in [0.05, 0.1) is 25.2 Å². The first-order valence-corrected chi connectivity index (χ1v) is 10.3. The zero-order valence-electron chi connectivity index (χ0n) is 18.1. The highest BCUT2D eigenvalue weighted by molar-refractivity contribution is 5.93. The number of nitrogens with one attached hydrogen (secondary N) is 2. The second-order valence-electron chi connectivity index (χ2n) is 7.28. The predicted octanol–water partition coefficient (Wildman–Crippen LogP) is 2.44. The fourth-order valence-electron chi connectivity index (χ4n) is 3.16. The van der Waals surface area contributed by atoms with Gasteiger partial charge >= 0.3 is 0 Å². The van der Waals surface area contributed by atoms with Crippen molar-refractivity contribution in [3.63, 3.8) is 0 Å². The summed E-state index contributed by atoms with van der Waals surface area (Å²) in [7, 11) is 0. The molecule has 2 amide bonds. The topological polar surface area (TPSA) is 83.4 Å². The Morgan fingerprint density at radius 2 is 1.82 bits per heavy atom. The van der Waals surface area contributed by atoms with E-state index >= 15 is 0 Å². The molecule has 0 saturated heterocycles. The van der Waals surface area contributed by atoms with Gasteiger partial charge in [0, 0.05) is 42.3 Å². The van der Waals surface area contributed by atoms with Crippen LogP contribution in [0.2, 0.25) is 0 Å². The van der Waals surface area contributed by atoms with Crippen LogP contribution in [0, 0.1) is 11.6 Å². The van der Waals surface area contributed by atoms with Crippen molar-refractivity contribution in [2.45, 2.75) is 20.0 Å². The van der Waals surface area contributed by atoms with Gasteiger partial charge in [0.2, 0.25) is 5.91 Å². The minimum absolute atomic E-state index is 0.0163. The molecule has 0 aliphatic carbocycles. The summed E-state index contributed by atoms with van der Waals surface area (Å²) < 4.78 is 30.6. The zero-order valence-corrected chi connectivity index (χ0v) is 18.1. The molecule has 0 fully saturated rings. The monoisotopic (exact) mass is 454 g/mol. The normalized spacial score (nSPS) is 13.7. The van der Waals surface area contributed by atoms with Crippen LogP contribution in [0.1, 0.15) is 28.4 Å². The molecule has 1 aromatic carbocycles. The Bertz CT molecular complexity index is 1180. The van der Waals surface area contributed by atoms with Crippen LogP contribution < -0.4 is 16.2 Å². The number of carbonyl (C=O) groups is 2. The molecule has 1 aromatic heterocycles. The number of aromatic nitrogens is 1. The lowest BCUT2D eigenvalue weighted by atomic mass is 10.1. The highest BCUT2D eigenvalue weighted by atomic mass is 19.2. The molecule has 0 spiro atoms. The van der Waals surface area contributed by atoms with Crippen LogP contribution in [-0.4, -0.2) is 34.4 Å². The molecule has 172 valence electrons. The molecular formula is C24H24F2N4O3. The average molecular weight is 454 g/mol. The molecular weight excluding hydrogens is 430 g/mol. The Morgan fingerprint density at radius 3 is 2.52 bits per heavy atom. The number of hydrogen-bond donors (Lipinski definition) is 2. The Hall–Kier alpha value is -4.01. The average Bonchev–Trinajstić information content (AvgIpc) is 2.81. The van der Waals surface area contributed by atoms with Crippen molar-refractivity contribution in [3.05, 3.63) is 106 Å². The zero-order chi connectivity index (χ0) is 23.8. The van der Waals surface area contributed by atoms with Gasteiger partial charge in [-0.2, -0.15) is 0 Å². The third-order valence-corrected chi connectivity index (χ3v) is 4.94. The Morgan fingerprint density at radius 1 is 1.09 bits per heavy atom. The van der Waals surface area contributed by atoms with Gasteiger partial charge in [-0.3, -0.25) is 14.4 Å². The summed E-state index contributed by atoms with van der Waals surface area (Å²) in [6.07, 6.45) is 11.5. The van der Waals surface area contributed by atoms with Crippen molar-refractivity contribution in [2.24, 2.45) is 0 Å². The number of halogens is 2. The Labute approximate surface area is 189 Å². The molecule has 0 bridgehead atoms. The van der Waals surface area contributed by atoms with Crippen LogP contribution in [0.3, 0.4) is 0 Å². The maximum absolute atomic E-state index is 14.7. The number of allylic oxidation sites excluding steroid dienone is 3. The summed E-state index contributed by atoms with van der Waals surface area (Å²) in [5.74, 6) is -2.85. The number of amides is 2. The third-order valence-electron chi connectivity index (χ3n) is 4.94. The van der Waals surface area contributed by atoms with Crippen molar-refractivity contribution in [3.8, 4) is 0 Å². The van der Waals surface area contributed by atoms with E-state index in [0.29, 0.717) is 6.54 Å². The van der Waals surface area contributed by atoms with Gasteiger partial charge in [-0.05, 0) is 13.0 Å². The summed E-state index contributed by atoms with van der Waals surface area (Å²) in [6.45, 7) is 1.89. The van der Waals surface area contributed by atoms with Crippen LogP contribution in [0.5, 0.6) is 0 Å². The van der Waals surface area contributed by atoms with Crippen molar-refractivity contribution < 1.29 is 18.4 Å². The van der Waals surface area contributed by atoms with Crippen LogP contribution in [0.4, 0.5) is 8.78 Å². The molecule has 0 saturated carbocycles. The second kappa shape index (κ2) is 11.0. The first-order valence-electron chi connectivity index (χ1n) is 10.3. The third kappa shape index (κ3) is 6.03. The largest absolute Gasteiger partial charge is 0.381 e. The van der Waals surface area contributed by atoms with E-state index in [2.05, 4.69) is 10.6 Å². The summed E-state index contributed by atoms with van der Waals surface area (Å²) in [5.41, 5.74) is -0.273. The van der Waals surface area contributed by atoms with Crippen molar-refractivity contribution in [1.82, 2.24) is 20.1 Å². The summed E-state index contributed by atoms with van der Waals surface area (Å²) in [5, 5.41) is 5.43. The van der Waals surface area contributed by atoms with E-state index in [1.54, 1.807) is 18.4 Å². The maximum Gasteiger partial charge on any atom is 0.253 e. The highest BCUT2D eigenvalue weighted by Crippen LogP contribution is 2.19. The van der Waals surface area contributed by atoms with Crippen LogP contribution >= 0.6 is 0 Å². The first kappa shape index (κ1) is 23.6. The molecule has 0 atom stereocenters. The molecule has 2 N–H and O–H groups in total. The van der Waals surface area contributed by atoms with Gasteiger partial charge in [-0.25, -0.2) is 8.78 Å². The second-order valence-corrected chi connectivity index (χ2v) is 7.28. The quantitative estimate of drug-likeness (QED) is 0.601. The Kier molecular flexibility index (Phi) is 7.91. The molecule has 0 unspecified atom stereocenters. The SMILES string of the molecule is C/C=C/C=C/CNC(=O)c1ccc(=O)n(Cc2ccc(CN3C=CNCC3=O)c(F)c2F)c1. The van der Waals surface area contributed by atoms with E-state index in [-0.39, 0.29) is 42.2 Å². The first-order chi connectivity index (χ1) is 15.9. The smallest absolute Gasteiger partial charge is 0.253 e. The van der Waals surface area contributed by atoms with Crippen LogP contribution in [-0.2, 0) is 17.9 Å². The minimum atomic E-state index is -1.10. The molecule has 9 heteroatoms. The summed E-state index contributed by atoms with van der Waals surface area (Å²) in [4.78, 5) is 37.7. The van der Waals surface area contributed by atoms with Gasteiger partial charge in [-0.1, -0.05) is 36.4 Å². The number of rotatable bonds is 8. The number of benzene rings is 1. The fourth-order valence-corrected chi connectivity index (χ4v) is 3.16. The van der Waals surface area contributed by atoms with Gasteiger partial charge in [0.1, 0.15) is 0 Å². The van der Waals surface area contributed by atoms with E-state index in [0.717, 1.165) is 4.57 Å². The highest BCUT2D eigenvalue weighted by Gasteiger charge is 2.19. The molecule has 0 radical (unpaired) electrons. The molecule has 7 nitrogen and oxygen atoms in total. The van der Waals surface area contributed by atoms with E-state index in [1.165, 1.54) is 41.6 Å². The predicted molar refractivity (Wildman–Crippen MR) is 120 cm³/mol. The van der Waals surface area contributed by atoms with Crippen LogP contribution in [0.15, 0.2) is 72.0 Å². The van der Waals surface area contributed by atoms with Crippen molar-refractivity contribution in [1.29, 1.82) is 0 Å². The van der Waals surface area contributed by atoms with Gasteiger partial charge in [0.25, 0.3) is 11.5 Å². The number of nitrogens with zero attached hydrogens (tertiary/aromatic N) is 2. The van der Waals surface area contributed by atoms with Gasteiger partial charge < -0.3 is 20.1 Å². The van der Waals surface area contributed by atoms with E-state index in [9.17, 15) is 23.2 Å². The number of hydrogen-bond acceptors (Lipinski definition) is 4. The van der Waals surface area contributed by atoms with E-state index < -0.39 is 23.1 Å². The van der Waals surface area contributed by atoms with E-state index in [1.807, 2.05) is 19.1 Å². The van der Waals surface area contributed by atoms with Gasteiger partial charge in [-0.15, -0.1) is 0 Å². The molecule has 1 aliphatic heterocycles. The van der Waals surface area contributed by atoms with Crippen molar-refractivity contribution >= 4 is 11.8 Å². The molecule has 3 rings (SSSR count). The molecule has 2 aromatic rings. The lowest BCUT2D eigenvalue weighted by molar-refractivity contribution is -0.128. The fraction of sp³-hybridized carbons (Fsp3) is 0.208. The summed E-state index contributed by atoms with van der Waals surface area (Å²) in [6, 6.07) is 5.34. The lowest BCUT2D eigenvalue weighted by Crippen LogP contribution is -2.37. The van der Waals surface area contributed by atoms with E-state index in [4.69, 9.17) is 0 Å². The molecule has 1 aliphatic rings. The Balaban J connectivity index is 1.75. The van der Waals surface area contributed by atoms with Gasteiger partial charge in [0.15, 0.2) is 11.6 Å². The standard InChI is InChI=1S/C24H24F2N4O3/c1-2-3-4-5-10-28-24(33)19-8-9-20(31)30(16-19)15-18-7-6-17(22(25)23(18)26)14-29-12-11-27-13-21(29)32/h2-9,11-12,16,27H,10,13-15H2,1H3,(H,28,33)/b3-2+,5-4+. The maximum atomic E-state index is 14.7. The van der Waals surface area contributed by atoms with Crippen molar-refractivity contribution in [2.75, 3.05) is 13.1 Å². The molecule has 33 heavy (non-hydrogen) atoms. The minimum Gasteiger partial charge on any atom is -0.381 e. The summed E-state index contributed by atoms with van der Waals surface area (Å²) >= 11 is 0. The van der Waals surface area contributed by atoms with Crippen LogP contribution in [0.25, 0.3) is 0 Å².